The maximum absolute atomic E-state index is 10.1. The first-order chi connectivity index (χ1) is 9.79. The number of hydrogen-bond donors (Lipinski definition) is 2. The van der Waals surface area contributed by atoms with Gasteiger partial charge in [-0.3, -0.25) is 0 Å². The van der Waals surface area contributed by atoms with Crippen LogP contribution in [0.4, 0.5) is 0 Å². The normalized spacial score (nSPS) is 17.5. The summed E-state index contributed by atoms with van der Waals surface area (Å²) in [5, 5.41) is 13.4. The molecule has 3 nitrogen and oxygen atoms in total. The van der Waals surface area contributed by atoms with Crippen molar-refractivity contribution in [3.63, 3.8) is 0 Å². The smallest absolute Gasteiger partial charge is 0.0716 e. The minimum Gasteiger partial charge on any atom is -0.392 e. The average molecular weight is 277 g/mol. The predicted molar refractivity (Wildman–Crippen MR) is 81.4 cm³/mol. The fraction of sp³-hybridized carbons (Fsp3) is 0.647. The summed E-state index contributed by atoms with van der Waals surface area (Å²) >= 11 is 0. The zero-order valence-corrected chi connectivity index (χ0v) is 12.5. The summed E-state index contributed by atoms with van der Waals surface area (Å²) in [5.41, 5.74) is 2.47. The van der Waals surface area contributed by atoms with Crippen molar-refractivity contribution in [2.75, 3.05) is 13.7 Å². The SMILES string of the molecule is COCc1ccccc1CNCC(O)CC1CCCC1. The van der Waals surface area contributed by atoms with Gasteiger partial charge in [-0.15, -0.1) is 0 Å². The largest absolute Gasteiger partial charge is 0.392 e. The topological polar surface area (TPSA) is 41.5 Å². The second-order valence-electron chi connectivity index (χ2n) is 5.87. The van der Waals surface area contributed by atoms with Gasteiger partial charge in [-0.2, -0.15) is 0 Å². The highest BCUT2D eigenvalue weighted by Gasteiger charge is 2.18. The summed E-state index contributed by atoms with van der Waals surface area (Å²) in [6.07, 6.45) is 6.02. The van der Waals surface area contributed by atoms with Crippen LogP contribution in [0.2, 0.25) is 0 Å². The molecule has 2 rings (SSSR count). The maximum atomic E-state index is 10.1. The van der Waals surface area contributed by atoms with E-state index in [4.69, 9.17) is 4.74 Å². The average Bonchev–Trinajstić information content (AvgIpc) is 2.94. The molecular weight excluding hydrogens is 250 g/mol. The van der Waals surface area contributed by atoms with Crippen LogP contribution in [0.5, 0.6) is 0 Å². The molecule has 0 spiro atoms. The number of ether oxygens (including phenoxy) is 1. The second kappa shape index (κ2) is 8.40. The third kappa shape index (κ3) is 4.89. The standard InChI is InChI=1S/C17H27NO2/c1-20-13-16-9-5-4-8-15(16)11-18-12-17(19)10-14-6-2-3-7-14/h4-5,8-9,14,17-19H,2-3,6-7,10-13H2,1H3. The fourth-order valence-electron chi connectivity index (χ4n) is 3.11. The Bertz CT molecular complexity index is 388. The minimum atomic E-state index is -0.215. The van der Waals surface area contributed by atoms with E-state index in [0.717, 1.165) is 18.9 Å². The van der Waals surface area contributed by atoms with E-state index in [2.05, 4.69) is 17.4 Å². The highest BCUT2D eigenvalue weighted by atomic mass is 16.5. The van der Waals surface area contributed by atoms with Crippen molar-refractivity contribution in [2.24, 2.45) is 5.92 Å². The summed E-state index contributed by atoms with van der Waals surface area (Å²) in [5.74, 6) is 0.743. The Morgan fingerprint density at radius 3 is 2.65 bits per heavy atom. The molecular formula is C17H27NO2. The number of hydrogen-bond acceptors (Lipinski definition) is 3. The van der Waals surface area contributed by atoms with Crippen molar-refractivity contribution in [3.05, 3.63) is 35.4 Å². The Kier molecular flexibility index (Phi) is 6.51. The number of rotatable bonds is 8. The molecule has 0 amide bonds. The van der Waals surface area contributed by atoms with Gasteiger partial charge in [0.25, 0.3) is 0 Å². The summed E-state index contributed by atoms with van der Waals surface area (Å²) in [6, 6.07) is 8.29. The van der Waals surface area contributed by atoms with Crippen LogP contribution >= 0.6 is 0 Å². The Morgan fingerprint density at radius 2 is 1.95 bits per heavy atom. The number of aliphatic hydroxyl groups is 1. The molecule has 1 aromatic rings. The van der Waals surface area contributed by atoms with Gasteiger partial charge in [-0.1, -0.05) is 49.9 Å². The van der Waals surface area contributed by atoms with E-state index in [1.165, 1.54) is 36.8 Å². The van der Waals surface area contributed by atoms with E-state index in [1.54, 1.807) is 7.11 Å². The van der Waals surface area contributed by atoms with Gasteiger partial charge in [-0.05, 0) is 23.5 Å². The third-order valence-electron chi connectivity index (χ3n) is 4.19. The molecule has 0 heterocycles. The van der Waals surface area contributed by atoms with Crippen molar-refractivity contribution in [1.29, 1.82) is 0 Å². The third-order valence-corrected chi connectivity index (χ3v) is 4.19. The fourth-order valence-corrected chi connectivity index (χ4v) is 3.11. The van der Waals surface area contributed by atoms with Crippen LogP contribution in [0.15, 0.2) is 24.3 Å². The van der Waals surface area contributed by atoms with Crippen LogP contribution in [-0.2, 0) is 17.9 Å². The molecule has 3 heteroatoms. The molecule has 1 fully saturated rings. The van der Waals surface area contributed by atoms with Gasteiger partial charge in [0.15, 0.2) is 0 Å². The van der Waals surface area contributed by atoms with Gasteiger partial charge in [0.1, 0.15) is 0 Å². The van der Waals surface area contributed by atoms with Gasteiger partial charge in [0.2, 0.25) is 0 Å². The highest BCUT2D eigenvalue weighted by molar-refractivity contribution is 5.26. The van der Waals surface area contributed by atoms with Gasteiger partial charge in [-0.25, -0.2) is 0 Å². The minimum absolute atomic E-state index is 0.215. The molecule has 0 saturated heterocycles. The van der Waals surface area contributed by atoms with Gasteiger partial charge in [0.05, 0.1) is 12.7 Å². The molecule has 112 valence electrons. The van der Waals surface area contributed by atoms with Crippen molar-refractivity contribution >= 4 is 0 Å². The maximum Gasteiger partial charge on any atom is 0.0716 e. The van der Waals surface area contributed by atoms with Crippen molar-refractivity contribution < 1.29 is 9.84 Å². The number of methoxy groups -OCH3 is 1. The van der Waals surface area contributed by atoms with Crippen molar-refractivity contribution in [2.45, 2.75) is 51.4 Å². The summed E-state index contributed by atoms with van der Waals surface area (Å²) in [7, 11) is 1.72. The first kappa shape index (κ1) is 15.5. The number of nitrogens with one attached hydrogen (secondary N) is 1. The second-order valence-corrected chi connectivity index (χ2v) is 5.87. The zero-order valence-electron chi connectivity index (χ0n) is 12.5. The van der Waals surface area contributed by atoms with Crippen LogP contribution in [-0.4, -0.2) is 24.9 Å². The zero-order chi connectivity index (χ0) is 14.2. The first-order valence-corrected chi connectivity index (χ1v) is 7.74. The van der Waals surface area contributed by atoms with Gasteiger partial charge in [0, 0.05) is 20.2 Å². The monoisotopic (exact) mass is 277 g/mol. The number of aliphatic hydroxyl groups excluding tert-OH is 1. The first-order valence-electron chi connectivity index (χ1n) is 7.74. The molecule has 0 radical (unpaired) electrons. The highest BCUT2D eigenvalue weighted by Crippen LogP contribution is 2.28. The lowest BCUT2D eigenvalue weighted by Crippen LogP contribution is -2.28. The van der Waals surface area contributed by atoms with E-state index in [0.29, 0.717) is 13.2 Å². The Balaban J connectivity index is 1.71. The molecule has 0 aliphatic heterocycles. The van der Waals surface area contributed by atoms with Crippen LogP contribution in [0.1, 0.15) is 43.2 Å². The lowest BCUT2D eigenvalue weighted by molar-refractivity contribution is 0.140. The predicted octanol–water partition coefficient (Wildman–Crippen LogP) is 2.86. The summed E-state index contributed by atoms with van der Waals surface area (Å²) in [6.45, 7) is 2.11. The Labute approximate surface area is 122 Å². The Hall–Kier alpha value is -0.900. The van der Waals surface area contributed by atoms with E-state index in [1.807, 2.05) is 12.1 Å². The van der Waals surface area contributed by atoms with Gasteiger partial charge < -0.3 is 15.2 Å². The molecule has 1 aliphatic rings. The molecule has 1 atom stereocenters. The summed E-state index contributed by atoms with van der Waals surface area (Å²) in [4.78, 5) is 0. The number of benzene rings is 1. The quantitative estimate of drug-likeness (QED) is 0.768. The molecule has 1 aromatic carbocycles. The van der Waals surface area contributed by atoms with Crippen LogP contribution < -0.4 is 5.32 Å². The Morgan fingerprint density at radius 1 is 1.25 bits per heavy atom. The van der Waals surface area contributed by atoms with Crippen LogP contribution in [0.3, 0.4) is 0 Å². The van der Waals surface area contributed by atoms with Crippen molar-refractivity contribution in [1.82, 2.24) is 5.32 Å². The lowest BCUT2D eigenvalue weighted by Gasteiger charge is -2.16. The van der Waals surface area contributed by atoms with E-state index >= 15 is 0 Å². The molecule has 0 aromatic heterocycles. The lowest BCUT2D eigenvalue weighted by atomic mass is 10.00. The van der Waals surface area contributed by atoms with Crippen LogP contribution in [0, 0.1) is 5.92 Å². The summed E-state index contributed by atoms with van der Waals surface area (Å²) < 4.78 is 5.21. The van der Waals surface area contributed by atoms with E-state index in [9.17, 15) is 5.11 Å². The molecule has 0 bridgehead atoms. The van der Waals surface area contributed by atoms with Crippen LogP contribution in [0.25, 0.3) is 0 Å². The molecule has 1 saturated carbocycles. The van der Waals surface area contributed by atoms with E-state index in [-0.39, 0.29) is 6.10 Å². The molecule has 1 aliphatic carbocycles. The van der Waals surface area contributed by atoms with E-state index < -0.39 is 0 Å². The van der Waals surface area contributed by atoms with Gasteiger partial charge >= 0.3 is 0 Å². The van der Waals surface area contributed by atoms with Crippen molar-refractivity contribution in [3.8, 4) is 0 Å². The molecule has 20 heavy (non-hydrogen) atoms. The molecule has 1 unspecified atom stereocenters. The molecule has 2 N–H and O–H groups in total.